The number of rotatable bonds is 4. The van der Waals surface area contributed by atoms with Crippen LogP contribution in [0.1, 0.15) is 31.4 Å². The van der Waals surface area contributed by atoms with Crippen molar-refractivity contribution >= 4 is 10.0 Å². The summed E-state index contributed by atoms with van der Waals surface area (Å²) in [6, 6.07) is 2.92. The molecular weight excluding hydrogens is 254 g/mol. The van der Waals surface area contributed by atoms with E-state index in [-0.39, 0.29) is 23.5 Å². The average Bonchev–Trinajstić information content (AvgIpc) is 3.04. The van der Waals surface area contributed by atoms with Gasteiger partial charge in [0, 0.05) is 6.04 Å². The summed E-state index contributed by atoms with van der Waals surface area (Å²) in [5.74, 6) is 1.44. The Kier molecular flexibility index (Phi) is 2.96. The van der Waals surface area contributed by atoms with Gasteiger partial charge >= 0.3 is 0 Å². The summed E-state index contributed by atoms with van der Waals surface area (Å²) in [5.41, 5.74) is 0. The highest BCUT2D eigenvalue weighted by Crippen LogP contribution is 2.44. The third-order valence-electron chi connectivity index (χ3n) is 4.10. The van der Waals surface area contributed by atoms with Crippen molar-refractivity contribution in [2.24, 2.45) is 11.8 Å². The summed E-state index contributed by atoms with van der Waals surface area (Å²) in [4.78, 5) is 0. The number of aliphatic hydroxyl groups excluding tert-OH is 1. The first-order valence-corrected chi connectivity index (χ1v) is 7.78. The lowest BCUT2D eigenvalue weighted by molar-refractivity contribution is 0.236. The molecule has 6 heteroatoms. The van der Waals surface area contributed by atoms with Crippen molar-refractivity contribution in [3.05, 3.63) is 17.9 Å². The van der Waals surface area contributed by atoms with Gasteiger partial charge in [-0.25, -0.2) is 13.1 Å². The topological polar surface area (TPSA) is 79.5 Å². The smallest absolute Gasteiger partial charge is 0.274 e. The molecule has 3 unspecified atom stereocenters. The highest BCUT2D eigenvalue weighted by molar-refractivity contribution is 7.89. The number of hydrogen-bond donors (Lipinski definition) is 2. The van der Waals surface area contributed by atoms with Gasteiger partial charge in [0.2, 0.25) is 5.09 Å². The third-order valence-corrected chi connectivity index (χ3v) is 5.46. The maximum Gasteiger partial charge on any atom is 0.274 e. The molecule has 2 saturated carbocycles. The van der Waals surface area contributed by atoms with Crippen LogP contribution in [0.2, 0.25) is 0 Å². The molecular formula is C12H17NO4S. The van der Waals surface area contributed by atoms with Gasteiger partial charge in [-0.1, -0.05) is 6.42 Å². The van der Waals surface area contributed by atoms with Crippen LogP contribution in [0.4, 0.5) is 0 Å². The minimum Gasteiger partial charge on any atom is -0.446 e. The number of sulfonamides is 1. The number of aliphatic hydroxyl groups is 1. The van der Waals surface area contributed by atoms with Gasteiger partial charge in [0.25, 0.3) is 10.0 Å². The van der Waals surface area contributed by atoms with Gasteiger partial charge in [0.15, 0.2) is 0 Å². The summed E-state index contributed by atoms with van der Waals surface area (Å²) in [6.45, 7) is -0.288. The minimum absolute atomic E-state index is 0.0522. The van der Waals surface area contributed by atoms with Gasteiger partial charge in [-0.15, -0.1) is 0 Å². The molecule has 5 nitrogen and oxygen atoms in total. The van der Waals surface area contributed by atoms with E-state index in [4.69, 9.17) is 9.52 Å². The van der Waals surface area contributed by atoms with Gasteiger partial charge < -0.3 is 9.52 Å². The Morgan fingerprint density at radius 1 is 1.33 bits per heavy atom. The second-order valence-corrected chi connectivity index (χ2v) is 6.93. The fourth-order valence-corrected chi connectivity index (χ4v) is 4.50. The van der Waals surface area contributed by atoms with E-state index in [1.165, 1.54) is 18.6 Å². The molecule has 1 aromatic rings. The molecule has 0 spiro atoms. The molecule has 3 rings (SSSR count). The molecule has 0 amide bonds. The molecule has 0 saturated heterocycles. The highest BCUT2D eigenvalue weighted by Gasteiger charge is 2.41. The SMILES string of the molecule is O=S(=O)(NC1CC2CCC1C2)c1ccc(CO)o1. The van der Waals surface area contributed by atoms with Gasteiger partial charge in [-0.05, 0) is 43.2 Å². The first-order chi connectivity index (χ1) is 8.58. The Bertz CT molecular complexity index is 536. The quantitative estimate of drug-likeness (QED) is 0.863. The Morgan fingerprint density at radius 2 is 2.17 bits per heavy atom. The van der Waals surface area contributed by atoms with Crippen molar-refractivity contribution in [1.82, 2.24) is 4.72 Å². The zero-order valence-electron chi connectivity index (χ0n) is 10.0. The van der Waals surface area contributed by atoms with Gasteiger partial charge in [0.1, 0.15) is 12.4 Å². The van der Waals surface area contributed by atoms with E-state index in [1.54, 1.807) is 0 Å². The summed E-state index contributed by atoms with van der Waals surface area (Å²) in [6.07, 6.45) is 4.45. The van der Waals surface area contributed by atoms with Crippen molar-refractivity contribution in [2.45, 2.75) is 43.4 Å². The van der Waals surface area contributed by atoms with Crippen LogP contribution in [-0.4, -0.2) is 19.6 Å². The Labute approximate surface area is 106 Å². The molecule has 2 bridgehead atoms. The molecule has 1 heterocycles. The second-order valence-electron chi connectivity index (χ2n) is 5.28. The summed E-state index contributed by atoms with van der Waals surface area (Å²) in [5, 5.41) is 8.78. The Morgan fingerprint density at radius 3 is 2.72 bits per heavy atom. The Balaban J connectivity index is 1.75. The maximum atomic E-state index is 12.1. The van der Waals surface area contributed by atoms with E-state index in [0.29, 0.717) is 11.8 Å². The predicted molar refractivity (Wildman–Crippen MR) is 64.2 cm³/mol. The molecule has 2 N–H and O–H groups in total. The monoisotopic (exact) mass is 271 g/mol. The number of nitrogens with one attached hydrogen (secondary N) is 1. The zero-order valence-corrected chi connectivity index (χ0v) is 10.8. The van der Waals surface area contributed by atoms with Crippen LogP contribution in [0.3, 0.4) is 0 Å². The minimum atomic E-state index is -3.58. The van der Waals surface area contributed by atoms with Crippen molar-refractivity contribution in [1.29, 1.82) is 0 Å². The van der Waals surface area contributed by atoms with Gasteiger partial charge in [-0.2, -0.15) is 0 Å². The molecule has 2 fully saturated rings. The van der Waals surface area contributed by atoms with Crippen LogP contribution < -0.4 is 4.72 Å². The summed E-state index contributed by atoms with van der Waals surface area (Å²) < 4.78 is 32.0. The zero-order chi connectivity index (χ0) is 12.8. The first kappa shape index (κ1) is 12.2. The van der Waals surface area contributed by atoms with Crippen molar-refractivity contribution in [3.63, 3.8) is 0 Å². The second kappa shape index (κ2) is 4.36. The summed E-state index contributed by atoms with van der Waals surface area (Å²) in [7, 11) is -3.58. The third kappa shape index (κ3) is 2.08. The van der Waals surface area contributed by atoms with Crippen LogP contribution in [0.15, 0.2) is 21.6 Å². The van der Waals surface area contributed by atoms with Crippen molar-refractivity contribution in [2.75, 3.05) is 0 Å². The fourth-order valence-electron chi connectivity index (χ4n) is 3.23. The van der Waals surface area contributed by atoms with Crippen molar-refractivity contribution in [3.8, 4) is 0 Å². The molecule has 18 heavy (non-hydrogen) atoms. The molecule has 1 aromatic heterocycles. The fraction of sp³-hybridized carbons (Fsp3) is 0.667. The molecule has 0 radical (unpaired) electrons. The van der Waals surface area contributed by atoms with Crippen LogP contribution in [0.5, 0.6) is 0 Å². The lowest BCUT2D eigenvalue weighted by Crippen LogP contribution is -2.38. The van der Waals surface area contributed by atoms with E-state index in [2.05, 4.69) is 4.72 Å². The normalized spacial score (nSPS) is 31.1. The molecule has 2 aliphatic carbocycles. The van der Waals surface area contributed by atoms with E-state index >= 15 is 0 Å². The van der Waals surface area contributed by atoms with Crippen LogP contribution in [-0.2, 0) is 16.6 Å². The highest BCUT2D eigenvalue weighted by atomic mass is 32.2. The molecule has 3 atom stereocenters. The van der Waals surface area contributed by atoms with Crippen molar-refractivity contribution < 1.29 is 17.9 Å². The largest absolute Gasteiger partial charge is 0.446 e. The van der Waals surface area contributed by atoms with Crippen LogP contribution in [0.25, 0.3) is 0 Å². The van der Waals surface area contributed by atoms with Crippen LogP contribution in [0, 0.1) is 11.8 Å². The van der Waals surface area contributed by atoms with E-state index in [9.17, 15) is 8.42 Å². The van der Waals surface area contributed by atoms with E-state index < -0.39 is 10.0 Å². The number of fused-ring (bicyclic) bond motifs is 2. The molecule has 100 valence electrons. The van der Waals surface area contributed by atoms with E-state index in [1.807, 2.05) is 0 Å². The maximum absolute atomic E-state index is 12.1. The van der Waals surface area contributed by atoms with E-state index in [0.717, 1.165) is 19.3 Å². The lowest BCUT2D eigenvalue weighted by atomic mass is 9.96. The standard InChI is InChI=1S/C12H17NO4S/c14-7-10-3-4-12(17-10)18(15,16)13-11-6-8-1-2-9(11)5-8/h3-4,8-9,11,13-14H,1-2,5-7H2. The first-order valence-electron chi connectivity index (χ1n) is 6.30. The molecule has 2 aliphatic rings. The average molecular weight is 271 g/mol. The Hall–Kier alpha value is -0.850. The predicted octanol–water partition coefficient (Wildman–Crippen LogP) is 1.24. The molecule has 0 aromatic carbocycles. The van der Waals surface area contributed by atoms with Gasteiger partial charge in [-0.3, -0.25) is 0 Å². The van der Waals surface area contributed by atoms with Crippen LogP contribution >= 0.6 is 0 Å². The van der Waals surface area contributed by atoms with Gasteiger partial charge in [0.05, 0.1) is 0 Å². The number of furan rings is 1. The molecule has 0 aliphatic heterocycles. The summed E-state index contributed by atoms with van der Waals surface area (Å²) >= 11 is 0. The number of hydrogen-bond acceptors (Lipinski definition) is 4. The lowest BCUT2D eigenvalue weighted by Gasteiger charge is -2.21.